The average Bonchev–Trinajstić information content (AvgIpc) is 2.48. The highest BCUT2D eigenvalue weighted by Gasteiger charge is 2.36. The van der Waals surface area contributed by atoms with E-state index in [-0.39, 0.29) is 5.75 Å². The third kappa shape index (κ3) is 1.49. The van der Waals surface area contributed by atoms with Crippen LogP contribution in [0.3, 0.4) is 0 Å². The van der Waals surface area contributed by atoms with Crippen molar-refractivity contribution in [1.82, 2.24) is 5.32 Å². The lowest BCUT2D eigenvalue weighted by Gasteiger charge is -2.25. The van der Waals surface area contributed by atoms with Gasteiger partial charge < -0.3 is 9.84 Å². The van der Waals surface area contributed by atoms with Crippen LogP contribution in [0.2, 0.25) is 0 Å². The van der Waals surface area contributed by atoms with E-state index in [0.717, 1.165) is 5.56 Å². The number of benzene rings is 1. The van der Waals surface area contributed by atoms with Gasteiger partial charge in [0.1, 0.15) is 11.5 Å². The molecule has 0 aliphatic carbocycles. The average molecular weight is 193 g/mol. The maximum absolute atomic E-state index is 9.70. The Hall–Kier alpha value is -1.06. The Kier molecular flexibility index (Phi) is 2.21. The van der Waals surface area contributed by atoms with Gasteiger partial charge in [0, 0.05) is 11.6 Å². The molecule has 0 amide bonds. The van der Waals surface area contributed by atoms with E-state index in [9.17, 15) is 5.11 Å². The van der Waals surface area contributed by atoms with Crippen LogP contribution in [0.4, 0.5) is 0 Å². The van der Waals surface area contributed by atoms with Gasteiger partial charge in [-0.25, -0.2) is 0 Å². The lowest BCUT2D eigenvalue weighted by Crippen LogP contribution is -2.37. The summed E-state index contributed by atoms with van der Waals surface area (Å²) in [6.45, 7) is 4.67. The molecular weight excluding hydrogens is 178 g/mol. The molecule has 1 aromatic rings. The Balaban J connectivity index is 2.35. The summed E-state index contributed by atoms with van der Waals surface area (Å²) in [7, 11) is 0. The lowest BCUT2D eigenvalue weighted by molar-refractivity contribution is 0.000629. The minimum atomic E-state index is -0.551. The van der Waals surface area contributed by atoms with Crippen LogP contribution in [-0.4, -0.2) is 17.8 Å². The van der Waals surface area contributed by atoms with Gasteiger partial charge in [-0.05, 0) is 19.9 Å². The molecule has 2 unspecified atom stereocenters. The first-order valence-electron chi connectivity index (χ1n) is 4.82. The van der Waals surface area contributed by atoms with E-state index in [4.69, 9.17) is 4.74 Å². The summed E-state index contributed by atoms with van der Waals surface area (Å²) in [6, 6.07) is 7.57. The van der Waals surface area contributed by atoms with Gasteiger partial charge in [-0.2, -0.15) is 0 Å². The number of rotatable bonds is 1. The zero-order chi connectivity index (χ0) is 10.2. The molecule has 3 heteroatoms. The van der Waals surface area contributed by atoms with Gasteiger partial charge in [0.2, 0.25) is 0 Å². The minimum absolute atomic E-state index is 0.275. The van der Waals surface area contributed by atoms with Crippen LogP contribution < -0.4 is 5.32 Å². The fourth-order valence-electron chi connectivity index (χ4n) is 1.88. The second-order valence-corrected chi connectivity index (χ2v) is 3.91. The van der Waals surface area contributed by atoms with Crippen LogP contribution in [0.1, 0.15) is 19.4 Å². The van der Waals surface area contributed by atoms with Crippen LogP contribution in [0.15, 0.2) is 24.3 Å². The molecule has 0 bridgehead atoms. The first-order valence-corrected chi connectivity index (χ1v) is 4.82. The van der Waals surface area contributed by atoms with Crippen molar-refractivity contribution >= 4 is 0 Å². The normalized spacial score (nSPS) is 32.0. The highest BCUT2D eigenvalue weighted by molar-refractivity contribution is 5.36. The van der Waals surface area contributed by atoms with Gasteiger partial charge >= 0.3 is 0 Å². The summed E-state index contributed by atoms with van der Waals surface area (Å²) < 4.78 is 5.65. The Morgan fingerprint density at radius 2 is 2.21 bits per heavy atom. The van der Waals surface area contributed by atoms with Crippen molar-refractivity contribution < 1.29 is 9.84 Å². The molecule has 0 spiro atoms. The molecule has 1 aliphatic heterocycles. The molecule has 1 aliphatic rings. The number of hydrogen-bond acceptors (Lipinski definition) is 3. The number of phenols is 1. The third-order valence-electron chi connectivity index (χ3n) is 2.56. The van der Waals surface area contributed by atoms with Gasteiger partial charge in [0.15, 0.2) is 0 Å². The highest BCUT2D eigenvalue weighted by Crippen LogP contribution is 2.33. The van der Waals surface area contributed by atoms with Crippen molar-refractivity contribution in [2.45, 2.75) is 25.6 Å². The van der Waals surface area contributed by atoms with Gasteiger partial charge in [-0.15, -0.1) is 0 Å². The first kappa shape index (κ1) is 9.49. The monoisotopic (exact) mass is 193 g/mol. The maximum Gasteiger partial charge on any atom is 0.146 e. The molecule has 2 rings (SSSR count). The van der Waals surface area contributed by atoms with Crippen molar-refractivity contribution in [2.75, 3.05) is 6.61 Å². The van der Waals surface area contributed by atoms with Crippen molar-refractivity contribution in [3.8, 4) is 5.75 Å². The fourth-order valence-corrected chi connectivity index (χ4v) is 1.88. The second-order valence-electron chi connectivity index (χ2n) is 3.91. The topological polar surface area (TPSA) is 41.5 Å². The Bertz CT molecular complexity index is 340. The maximum atomic E-state index is 9.70. The van der Waals surface area contributed by atoms with Gasteiger partial charge in [-0.3, -0.25) is 5.32 Å². The first-order chi connectivity index (χ1) is 6.62. The molecule has 1 fully saturated rings. The zero-order valence-corrected chi connectivity index (χ0v) is 8.45. The number of aromatic hydroxyl groups is 1. The summed E-state index contributed by atoms with van der Waals surface area (Å²) in [6.07, 6.45) is 0. The number of nitrogens with one attached hydrogen (secondary N) is 1. The Labute approximate surface area is 83.7 Å². The van der Waals surface area contributed by atoms with Crippen LogP contribution in [0.25, 0.3) is 0 Å². The van der Waals surface area contributed by atoms with Crippen molar-refractivity contribution in [3.63, 3.8) is 0 Å². The van der Waals surface area contributed by atoms with Crippen LogP contribution in [-0.2, 0) is 10.5 Å². The zero-order valence-electron chi connectivity index (χ0n) is 8.45. The van der Waals surface area contributed by atoms with Gasteiger partial charge in [-0.1, -0.05) is 18.2 Å². The van der Waals surface area contributed by atoms with E-state index in [1.807, 2.05) is 19.1 Å². The van der Waals surface area contributed by atoms with Crippen molar-refractivity contribution in [3.05, 3.63) is 29.8 Å². The molecule has 2 atom stereocenters. The molecule has 76 valence electrons. The van der Waals surface area contributed by atoms with Gasteiger partial charge in [0.25, 0.3) is 0 Å². The Morgan fingerprint density at radius 1 is 1.50 bits per heavy atom. The van der Waals surface area contributed by atoms with Crippen LogP contribution >= 0.6 is 0 Å². The summed E-state index contributed by atoms with van der Waals surface area (Å²) in [5, 5.41) is 13.0. The summed E-state index contributed by atoms with van der Waals surface area (Å²) in [4.78, 5) is 0. The number of hydrogen-bond donors (Lipinski definition) is 2. The molecule has 1 saturated heterocycles. The van der Waals surface area contributed by atoms with Gasteiger partial charge in [0.05, 0.1) is 6.61 Å². The standard InChI is InChI=1S/C11H15NO2/c1-8-7-14-11(2,12-8)9-5-3-4-6-10(9)13/h3-6,8,12-13H,7H2,1-2H3. The predicted octanol–water partition coefficient (Wildman–Crippen LogP) is 1.57. The molecule has 0 radical (unpaired) electrons. The summed E-state index contributed by atoms with van der Waals surface area (Å²) >= 11 is 0. The predicted molar refractivity (Wildman–Crippen MR) is 54.0 cm³/mol. The van der Waals surface area contributed by atoms with E-state index in [1.165, 1.54) is 0 Å². The minimum Gasteiger partial charge on any atom is -0.508 e. The SMILES string of the molecule is CC1COC(C)(c2ccccc2O)N1. The summed E-state index contributed by atoms with van der Waals surface area (Å²) in [5.41, 5.74) is 0.245. The number of ether oxygens (including phenoxy) is 1. The molecular formula is C11H15NO2. The summed E-state index contributed by atoms with van der Waals surface area (Å²) in [5.74, 6) is 0.275. The van der Waals surface area contributed by atoms with E-state index < -0.39 is 5.72 Å². The molecule has 1 aromatic carbocycles. The van der Waals surface area contributed by atoms with E-state index in [0.29, 0.717) is 12.6 Å². The largest absolute Gasteiger partial charge is 0.508 e. The second kappa shape index (κ2) is 3.26. The van der Waals surface area contributed by atoms with E-state index in [1.54, 1.807) is 12.1 Å². The van der Waals surface area contributed by atoms with Crippen molar-refractivity contribution in [2.24, 2.45) is 0 Å². The fraction of sp³-hybridized carbons (Fsp3) is 0.455. The van der Waals surface area contributed by atoms with Crippen LogP contribution in [0, 0.1) is 0 Å². The molecule has 0 aromatic heterocycles. The molecule has 3 nitrogen and oxygen atoms in total. The third-order valence-corrected chi connectivity index (χ3v) is 2.56. The molecule has 14 heavy (non-hydrogen) atoms. The molecule has 1 heterocycles. The van der Waals surface area contributed by atoms with E-state index >= 15 is 0 Å². The molecule has 0 saturated carbocycles. The van der Waals surface area contributed by atoms with Crippen molar-refractivity contribution in [1.29, 1.82) is 0 Å². The number of para-hydroxylation sites is 1. The molecule has 2 N–H and O–H groups in total. The lowest BCUT2D eigenvalue weighted by atomic mass is 10.0. The number of phenolic OH excluding ortho intramolecular Hbond substituents is 1. The van der Waals surface area contributed by atoms with E-state index in [2.05, 4.69) is 12.2 Å². The Morgan fingerprint density at radius 3 is 2.79 bits per heavy atom. The smallest absolute Gasteiger partial charge is 0.146 e. The highest BCUT2D eigenvalue weighted by atomic mass is 16.5. The van der Waals surface area contributed by atoms with Crippen LogP contribution in [0.5, 0.6) is 5.75 Å². The quantitative estimate of drug-likeness (QED) is 0.711.